The molecule has 4 aliphatic carbocycles. The molecule has 0 saturated heterocycles. The van der Waals surface area contributed by atoms with Gasteiger partial charge in [0.15, 0.2) is 5.76 Å². The summed E-state index contributed by atoms with van der Waals surface area (Å²) in [4.78, 5) is 25.2. The first-order valence-electron chi connectivity index (χ1n) is 10.9. The SMILES string of the molecule is CC(C)C(NC(=O)c1ccco1)C(=O)Nc1nnc(C23CC4CC(CC(C4)C2)C3)s1. The van der Waals surface area contributed by atoms with Gasteiger partial charge in [-0.1, -0.05) is 25.2 Å². The minimum absolute atomic E-state index is 0.0838. The van der Waals surface area contributed by atoms with Gasteiger partial charge in [-0.3, -0.25) is 14.9 Å². The van der Waals surface area contributed by atoms with Crippen molar-refractivity contribution >= 4 is 28.3 Å². The fourth-order valence-corrected chi connectivity index (χ4v) is 7.16. The Kier molecular flexibility index (Phi) is 4.92. The lowest BCUT2D eigenvalue weighted by Crippen LogP contribution is -2.48. The van der Waals surface area contributed by atoms with E-state index in [-0.39, 0.29) is 23.0 Å². The number of hydrogen-bond acceptors (Lipinski definition) is 6. The third-order valence-electron chi connectivity index (χ3n) is 7.13. The van der Waals surface area contributed by atoms with Crippen LogP contribution in [0.2, 0.25) is 0 Å². The summed E-state index contributed by atoms with van der Waals surface area (Å²) in [6.45, 7) is 3.79. The Hall–Kier alpha value is -2.22. The monoisotopic (exact) mass is 428 g/mol. The Bertz CT molecular complexity index is 901. The van der Waals surface area contributed by atoms with Crippen molar-refractivity contribution in [2.24, 2.45) is 23.7 Å². The Morgan fingerprint density at radius 3 is 2.37 bits per heavy atom. The summed E-state index contributed by atoms with van der Waals surface area (Å²) in [5.41, 5.74) is 0.167. The molecular weight excluding hydrogens is 400 g/mol. The molecule has 2 amide bonds. The Labute approximate surface area is 180 Å². The number of nitrogens with one attached hydrogen (secondary N) is 2. The molecule has 2 aromatic heterocycles. The van der Waals surface area contributed by atoms with Crippen LogP contribution < -0.4 is 10.6 Å². The largest absolute Gasteiger partial charge is 0.459 e. The van der Waals surface area contributed by atoms with Crippen molar-refractivity contribution in [3.05, 3.63) is 29.2 Å². The summed E-state index contributed by atoms with van der Waals surface area (Å²) in [6.07, 6.45) is 9.24. The summed E-state index contributed by atoms with van der Waals surface area (Å²) in [5, 5.41) is 16.1. The van der Waals surface area contributed by atoms with Gasteiger partial charge in [-0.15, -0.1) is 10.2 Å². The predicted octanol–water partition coefficient (Wildman–Crippen LogP) is 3.99. The van der Waals surface area contributed by atoms with E-state index in [2.05, 4.69) is 20.8 Å². The second-order valence-corrected chi connectivity index (χ2v) is 10.7. The summed E-state index contributed by atoms with van der Waals surface area (Å²) in [6, 6.07) is 2.54. The van der Waals surface area contributed by atoms with Crippen LogP contribution in [0.5, 0.6) is 0 Å². The van der Waals surface area contributed by atoms with E-state index in [4.69, 9.17) is 4.42 Å². The smallest absolute Gasteiger partial charge is 0.287 e. The topological polar surface area (TPSA) is 97.1 Å². The molecule has 1 unspecified atom stereocenters. The molecule has 2 aromatic rings. The number of carbonyl (C=O) groups excluding carboxylic acids is 2. The van der Waals surface area contributed by atoms with Crippen molar-refractivity contribution in [2.45, 2.75) is 63.8 Å². The highest BCUT2D eigenvalue weighted by Gasteiger charge is 2.53. The third kappa shape index (κ3) is 3.55. The van der Waals surface area contributed by atoms with Gasteiger partial charge in [-0.25, -0.2) is 0 Å². The number of aromatic nitrogens is 2. The Balaban J connectivity index is 1.28. The van der Waals surface area contributed by atoms with Gasteiger partial charge < -0.3 is 9.73 Å². The highest BCUT2D eigenvalue weighted by atomic mass is 32.1. The molecule has 160 valence electrons. The molecular formula is C22H28N4O3S. The van der Waals surface area contributed by atoms with Gasteiger partial charge >= 0.3 is 0 Å². The highest BCUT2D eigenvalue weighted by molar-refractivity contribution is 7.15. The minimum atomic E-state index is -0.686. The van der Waals surface area contributed by atoms with Crippen LogP contribution >= 0.6 is 11.3 Å². The van der Waals surface area contributed by atoms with E-state index < -0.39 is 11.9 Å². The fraction of sp³-hybridized carbons (Fsp3) is 0.636. The second kappa shape index (κ2) is 7.48. The maximum absolute atomic E-state index is 12.9. The Morgan fingerprint density at radius 1 is 1.13 bits per heavy atom. The van der Waals surface area contributed by atoms with Crippen LogP contribution in [0.15, 0.2) is 22.8 Å². The first-order valence-corrected chi connectivity index (χ1v) is 11.7. The van der Waals surface area contributed by atoms with Gasteiger partial charge in [-0.05, 0) is 74.3 Å². The molecule has 2 N–H and O–H groups in total. The number of amides is 2. The molecule has 0 spiro atoms. The minimum Gasteiger partial charge on any atom is -0.459 e. The first kappa shape index (κ1) is 19.7. The molecule has 7 nitrogen and oxygen atoms in total. The van der Waals surface area contributed by atoms with Crippen molar-refractivity contribution in [1.29, 1.82) is 0 Å². The van der Waals surface area contributed by atoms with E-state index in [1.165, 1.54) is 56.1 Å². The van der Waals surface area contributed by atoms with Crippen molar-refractivity contribution in [1.82, 2.24) is 15.5 Å². The van der Waals surface area contributed by atoms with Crippen molar-refractivity contribution in [3.63, 3.8) is 0 Å². The van der Waals surface area contributed by atoms with Gasteiger partial charge in [-0.2, -0.15) is 0 Å². The van der Waals surface area contributed by atoms with Gasteiger partial charge in [0.25, 0.3) is 5.91 Å². The molecule has 4 aliphatic rings. The van der Waals surface area contributed by atoms with Crippen LogP contribution in [-0.2, 0) is 10.2 Å². The van der Waals surface area contributed by atoms with Crippen molar-refractivity contribution in [3.8, 4) is 0 Å². The third-order valence-corrected chi connectivity index (χ3v) is 8.21. The molecule has 30 heavy (non-hydrogen) atoms. The molecule has 0 aliphatic heterocycles. The summed E-state index contributed by atoms with van der Waals surface area (Å²) in [5.74, 6) is 1.92. The molecule has 4 saturated carbocycles. The zero-order valence-electron chi connectivity index (χ0n) is 17.4. The lowest BCUT2D eigenvalue weighted by atomic mass is 9.50. The lowest BCUT2D eigenvalue weighted by molar-refractivity contribution is -0.118. The molecule has 6 rings (SSSR count). The number of anilines is 1. The van der Waals surface area contributed by atoms with Crippen LogP contribution in [0.25, 0.3) is 0 Å². The zero-order valence-corrected chi connectivity index (χ0v) is 18.2. The fourth-order valence-electron chi connectivity index (χ4n) is 6.20. The lowest BCUT2D eigenvalue weighted by Gasteiger charge is -2.55. The summed E-state index contributed by atoms with van der Waals surface area (Å²) < 4.78 is 5.13. The van der Waals surface area contributed by atoms with Crippen LogP contribution in [-0.4, -0.2) is 28.1 Å². The second-order valence-electron chi connectivity index (χ2n) is 9.77. The van der Waals surface area contributed by atoms with E-state index >= 15 is 0 Å². The summed E-state index contributed by atoms with van der Waals surface area (Å²) in [7, 11) is 0. The van der Waals surface area contributed by atoms with Crippen LogP contribution in [0.3, 0.4) is 0 Å². The van der Waals surface area contributed by atoms with E-state index in [9.17, 15) is 9.59 Å². The Morgan fingerprint density at radius 2 is 1.80 bits per heavy atom. The maximum atomic E-state index is 12.9. The number of rotatable bonds is 6. The van der Waals surface area contributed by atoms with Gasteiger partial charge in [0.2, 0.25) is 11.0 Å². The van der Waals surface area contributed by atoms with E-state index in [0.717, 1.165) is 22.8 Å². The average Bonchev–Trinajstić information content (AvgIpc) is 3.37. The van der Waals surface area contributed by atoms with E-state index in [1.54, 1.807) is 12.1 Å². The van der Waals surface area contributed by atoms with Crippen LogP contribution in [0.1, 0.15) is 67.9 Å². The highest BCUT2D eigenvalue weighted by Crippen LogP contribution is 2.61. The molecule has 1 atom stereocenters. The molecule has 4 fully saturated rings. The molecule has 4 bridgehead atoms. The number of carbonyl (C=O) groups is 2. The van der Waals surface area contributed by atoms with Gasteiger partial charge in [0.05, 0.1) is 6.26 Å². The normalized spacial score (nSPS) is 30.4. The quantitative estimate of drug-likeness (QED) is 0.725. The maximum Gasteiger partial charge on any atom is 0.287 e. The molecule has 0 radical (unpaired) electrons. The van der Waals surface area contributed by atoms with Gasteiger partial charge in [0.1, 0.15) is 11.0 Å². The average molecular weight is 429 g/mol. The standard InChI is InChI=1S/C22H28N4O3S/c1-12(2)17(23-18(27)16-4-3-5-29-16)19(28)24-21-26-25-20(30-21)22-9-13-6-14(10-22)8-15(7-13)11-22/h3-5,12-15,17H,6-11H2,1-2H3,(H,23,27)(H,24,26,28). The van der Waals surface area contributed by atoms with Crippen molar-refractivity contribution in [2.75, 3.05) is 5.32 Å². The number of furan rings is 1. The molecule has 8 heteroatoms. The molecule has 0 aromatic carbocycles. The van der Waals surface area contributed by atoms with Crippen LogP contribution in [0, 0.1) is 23.7 Å². The predicted molar refractivity (Wildman–Crippen MR) is 113 cm³/mol. The van der Waals surface area contributed by atoms with E-state index in [1.807, 2.05) is 13.8 Å². The first-order chi connectivity index (χ1) is 14.4. The van der Waals surface area contributed by atoms with Gasteiger partial charge in [0, 0.05) is 5.41 Å². The molecule has 2 heterocycles. The number of nitrogens with zero attached hydrogens (tertiary/aromatic N) is 2. The zero-order chi connectivity index (χ0) is 20.9. The summed E-state index contributed by atoms with van der Waals surface area (Å²) >= 11 is 1.51. The number of hydrogen-bond donors (Lipinski definition) is 2. The van der Waals surface area contributed by atoms with Crippen LogP contribution in [0.4, 0.5) is 5.13 Å². The van der Waals surface area contributed by atoms with Crippen molar-refractivity contribution < 1.29 is 14.0 Å². The van der Waals surface area contributed by atoms with E-state index in [0.29, 0.717) is 5.13 Å².